The lowest BCUT2D eigenvalue weighted by molar-refractivity contribution is -0.145. The monoisotopic (exact) mass is 463 g/mol. The van der Waals surface area contributed by atoms with Crippen LogP contribution in [0.3, 0.4) is 0 Å². The van der Waals surface area contributed by atoms with Crippen LogP contribution in [0.4, 0.5) is 0 Å². The topological polar surface area (TPSA) is 39.2 Å². The molecule has 3 atom stereocenters. The summed E-state index contributed by atoms with van der Waals surface area (Å²) in [4.78, 5) is 18.2. The van der Waals surface area contributed by atoms with Gasteiger partial charge in [0, 0.05) is 16.4 Å². The maximum Gasteiger partial charge on any atom is 0.307 e. The Balaban J connectivity index is 1.50. The molecule has 0 radical (unpaired) electrons. The predicted molar refractivity (Wildman–Crippen MR) is 142 cm³/mol. The van der Waals surface area contributed by atoms with E-state index >= 15 is 0 Å². The number of rotatable bonds is 8. The molecule has 1 aliphatic carbocycles. The molecule has 1 aromatic heterocycles. The molecule has 3 heteroatoms. The smallest absolute Gasteiger partial charge is 0.307 e. The third kappa shape index (κ3) is 4.48. The van der Waals surface area contributed by atoms with Crippen molar-refractivity contribution in [3.63, 3.8) is 0 Å². The van der Waals surface area contributed by atoms with Crippen LogP contribution in [0.1, 0.15) is 49.8 Å². The lowest BCUT2D eigenvalue weighted by Gasteiger charge is -2.22. The van der Waals surface area contributed by atoms with Gasteiger partial charge in [-0.15, -0.1) is 0 Å². The highest BCUT2D eigenvalue weighted by Gasteiger charge is 2.63. The molecule has 3 aromatic carbocycles. The zero-order valence-electron chi connectivity index (χ0n) is 20.8. The normalized spacial score (nSPS) is 21.1. The van der Waals surface area contributed by atoms with Crippen molar-refractivity contribution in [1.29, 1.82) is 0 Å². The van der Waals surface area contributed by atoms with Gasteiger partial charge in [0.2, 0.25) is 0 Å². The van der Waals surface area contributed by atoms with Crippen LogP contribution in [0, 0.1) is 18.8 Å². The fraction of sp³-hybridized carbons (Fsp3) is 0.312. The number of nitrogens with zero attached hydrogens (tertiary/aromatic N) is 1. The number of benzene rings is 3. The zero-order valence-corrected chi connectivity index (χ0v) is 20.8. The summed E-state index contributed by atoms with van der Waals surface area (Å²) in [5.41, 5.74) is 6.31. The van der Waals surface area contributed by atoms with Gasteiger partial charge in [0.05, 0.1) is 17.6 Å². The molecule has 0 N–H and O–H groups in total. The number of aryl methyl sites for hydroxylation is 1. The van der Waals surface area contributed by atoms with Crippen LogP contribution in [-0.2, 0) is 21.6 Å². The van der Waals surface area contributed by atoms with Gasteiger partial charge in [-0.25, -0.2) is 4.98 Å². The van der Waals surface area contributed by atoms with Gasteiger partial charge in [0.1, 0.15) is 6.61 Å². The van der Waals surface area contributed by atoms with Crippen LogP contribution in [0.15, 0.2) is 84.9 Å². The van der Waals surface area contributed by atoms with E-state index in [1.807, 2.05) is 30.3 Å². The number of pyridine rings is 1. The van der Waals surface area contributed by atoms with Crippen LogP contribution < -0.4 is 0 Å². The number of carbonyl (C=O) groups excluding carboxylic acids is 1. The summed E-state index contributed by atoms with van der Waals surface area (Å²) >= 11 is 0. The van der Waals surface area contributed by atoms with Gasteiger partial charge in [0.25, 0.3) is 0 Å². The highest BCUT2D eigenvalue weighted by Crippen LogP contribution is 2.65. The second-order valence-corrected chi connectivity index (χ2v) is 9.99. The quantitative estimate of drug-likeness (QED) is 0.252. The molecule has 1 aliphatic rings. The highest BCUT2D eigenvalue weighted by molar-refractivity contribution is 5.83. The van der Waals surface area contributed by atoms with Crippen LogP contribution in [0.5, 0.6) is 0 Å². The predicted octanol–water partition coefficient (Wildman–Crippen LogP) is 7.65. The van der Waals surface area contributed by atoms with Crippen LogP contribution >= 0.6 is 0 Å². The molecule has 0 spiro atoms. The first-order chi connectivity index (χ1) is 17.0. The van der Waals surface area contributed by atoms with E-state index in [1.54, 1.807) is 0 Å². The maximum atomic E-state index is 13.2. The molecule has 3 nitrogen and oxygen atoms in total. The fourth-order valence-electron chi connectivity index (χ4n) is 5.89. The van der Waals surface area contributed by atoms with Crippen LogP contribution in [0.25, 0.3) is 22.2 Å². The minimum absolute atomic E-state index is 0.129. The van der Waals surface area contributed by atoms with E-state index in [9.17, 15) is 4.79 Å². The lowest BCUT2D eigenvalue weighted by Crippen LogP contribution is -2.20. The highest BCUT2D eigenvalue weighted by atomic mass is 16.5. The van der Waals surface area contributed by atoms with Crippen LogP contribution in [-0.4, -0.2) is 11.0 Å². The van der Waals surface area contributed by atoms with Gasteiger partial charge >= 0.3 is 5.97 Å². The summed E-state index contributed by atoms with van der Waals surface area (Å²) in [5, 5.41) is 1.14. The molecule has 1 heterocycles. The standard InChI is InChI=1S/C32H33NO2/c1-4-10-27-23(3)32(27,20-31(34)35-21-24-11-6-5-7-12-24)28-14-9-8-13-26(28)29-18-17-25-16-15-22(2)19-30(25)33-29/h5-9,11-19,23,27H,4,10,20-21H2,1-3H3/t23-,27+,32?/m1/s1. The van der Waals surface area contributed by atoms with Crippen molar-refractivity contribution in [2.45, 2.75) is 52.1 Å². The van der Waals surface area contributed by atoms with Gasteiger partial charge in [-0.2, -0.15) is 0 Å². The first-order valence-corrected chi connectivity index (χ1v) is 12.7. The molecule has 4 aromatic rings. The number of aromatic nitrogens is 1. The Bertz CT molecular complexity index is 1350. The average Bonchev–Trinajstić information content (AvgIpc) is 3.44. The Labute approximate surface area is 208 Å². The second kappa shape index (κ2) is 9.65. The first-order valence-electron chi connectivity index (χ1n) is 12.7. The van der Waals surface area contributed by atoms with Crippen molar-refractivity contribution in [2.75, 3.05) is 0 Å². The molecule has 1 unspecified atom stereocenters. The SMILES string of the molecule is CCC[C@H]1[C@@H](C)C1(CC(=O)OCc1ccccc1)c1ccccc1-c1ccc2ccc(C)cc2n1. The van der Waals surface area contributed by atoms with Gasteiger partial charge in [-0.3, -0.25) is 4.79 Å². The van der Waals surface area contributed by atoms with E-state index < -0.39 is 0 Å². The van der Waals surface area contributed by atoms with Gasteiger partial charge in [-0.1, -0.05) is 93.1 Å². The third-order valence-corrected chi connectivity index (χ3v) is 7.80. The number of esters is 1. The number of ether oxygens (including phenoxy) is 1. The fourth-order valence-corrected chi connectivity index (χ4v) is 5.89. The Morgan fingerprint density at radius 3 is 2.51 bits per heavy atom. The molecule has 1 saturated carbocycles. The van der Waals surface area contributed by atoms with Crippen LogP contribution in [0.2, 0.25) is 0 Å². The number of hydrogen-bond donors (Lipinski definition) is 0. The third-order valence-electron chi connectivity index (χ3n) is 7.80. The summed E-state index contributed by atoms with van der Waals surface area (Å²) in [6, 6.07) is 29.1. The molecular weight excluding hydrogens is 430 g/mol. The molecular formula is C32H33NO2. The lowest BCUT2D eigenvalue weighted by atomic mass is 9.83. The molecule has 0 aliphatic heterocycles. The summed E-state index contributed by atoms with van der Waals surface area (Å²) < 4.78 is 5.76. The Morgan fingerprint density at radius 2 is 1.71 bits per heavy atom. The Kier molecular flexibility index (Phi) is 6.42. The molecule has 0 bridgehead atoms. The average molecular weight is 464 g/mol. The first kappa shape index (κ1) is 23.3. The molecule has 0 saturated heterocycles. The van der Waals surface area contributed by atoms with Crippen molar-refractivity contribution in [2.24, 2.45) is 11.8 Å². The maximum absolute atomic E-state index is 13.2. The summed E-state index contributed by atoms with van der Waals surface area (Å²) in [6.45, 7) is 6.93. The zero-order chi connectivity index (χ0) is 24.4. The minimum Gasteiger partial charge on any atom is -0.461 e. The van der Waals surface area contributed by atoms with E-state index in [1.165, 1.54) is 11.1 Å². The summed E-state index contributed by atoms with van der Waals surface area (Å²) in [7, 11) is 0. The molecule has 0 amide bonds. The van der Waals surface area contributed by atoms with E-state index in [-0.39, 0.29) is 11.4 Å². The van der Waals surface area contributed by atoms with E-state index in [4.69, 9.17) is 9.72 Å². The van der Waals surface area contributed by atoms with E-state index in [2.05, 4.69) is 75.4 Å². The van der Waals surface area contributed by atoms with Gasteiger partial charge in [0.15, 0.2) is 0 Å². The largest absolute Gasteiger partial charge is 0.461 e. The number of carbonyl (C=O) groups is 1. The van der Waals surface area contributed by atoms with Gasteiger partial charge in [-0.05, 0) is 54.0 Å². The summed E-state index contributed by atoms with van der Waals surface area (Å²) in [6.07, 6.45) is 2.60. The van der Waals surface area contributed by atoms with Crippen molar-refractivity contribution >= 4 is 16.9 Å². The molecule has 1 fully saturated rings. The van der Waals surface area contributed by atoms with Crippen molar-refractivity contribution < 1.29 is 9.53 Å². The van der Waals surface area contributed by atoms with E-state index in [0.717, 1.165) is 40.6 Å². The number of hydrogen-bond acceptors (Lipinski definition) is 3. The number of fused-ring (bicyclic) bond motifs is 1. The minimum atomic E-state index is -0.219. The van der Waals surface area contributed by atoms with Crippen molar-refractivity contribution in [1.82, 2.24) is 4.98 Å². The summed E-state index contributed by atoms with van der Waals surface area (Å²) in [5.74, 6) is 0.743. The Morgan fingerprint density at radius 1 is 0.971 bits per heavy atom. The Hall–Kier alpha value is -3.46. The van der Waals surface area contributed by atoms with Crippen molar-refractivity contribution in [3.8, 4) is 11.3 Å². The van der Waals surface area contributed by atoms with E-state index in [0.29, 0.717) is 24.9 Å². The molecule has 35 heavy (non-hydrogen) atoms. The van der Waals surface area contributed by atoms with Gasteiger partial charge < -0.3 is 4.74 Å². The second-order valence-electron chi connectivity index (χ2n) is 9.99. The molecule has 5 rings (SSSR count). The molecule has 178 valence electrons. The van der Waals surface area contributed by atoms with Crippen molar-refractivity contribution in [3.05, 3.63) is 102 Å².